The number of hydrogen-bond acceptors (Lipinski definition) is 7. The number of likely N-dealkylation sites (tertiary alicyclic amines) is 1. The van der Waals surface area contributed by atoms with E-state index in [0.717, 1.165) is 74.4 Å². The normalized spacial score (nSPS) is 20.1. The van der Waals surface area contributed by atoms with Gasteiger partial charge >= 0.3 is 0 Å². The summed E-state index contributed by atoms with van der Waals surface area (Å²) in [4.78, 5) is 37.5. The Bertz CT molecular complexity index is 1370. The minimum Gasteiger partial charge on any atom is -0.372 e. The van der Waals surface area contributed by atoms with E-state index in [1.807, 2.05) is 56.1 Å². The third kappa shape index (κ3) is 6.70. The van der Waals surface area contributed by atoms with Crippen LogP contribution in [0, 0.1) is 6.92 Å². The lowest BCUT2D eigenvalue weighted by Gasteiger charge is -2.37. The topological polar surface area (TPSA) is 95.8 Å². The van der Waals surface area contributed by atoms with E-state index >= 15 is 0 Å². The van der Waals surface area contributed by atoms with E-state index in [2.05, 4.69) is 39.0 Å². The van der Waals surface area contributed by atoms with Crippen molar-refractivity contribution in [1.82, 2.24) is 24.6 Å². The van der Waals surface area contributed by atoms with Gasteiger partial charge in [0.15, 0.2) is 0 Å². The van der Waals surface area contributed by atoms with E-state index in [1.54, 1.807) is 10.7 Å². The number of morpholine rings is 1. The molecule has 4 heterocycles. The van der Waals surface area contributed by atoms with Gasteiger partial charge in [-0.05, 0) is 76.5 Å². The zero-order chi connectivity index (χ0) is 29.1. The van der Waals surface area contributed by atoms with E-state index in [4.69, 9.17) is 4.74 Å². The summed E-state index contributed by atoms with van der Waals surface area (Å²) in [6.45, 7) is 15.8. The number of piperidine rings is 1. The lowest BCUT2D eigenvalue weighted by atomic mass is 10.0. The smallest absolute Gasteiger partial charge is 0.274 e. The first-order chi connectivity index (χ1) is 19.7. The molecule has 0 radical (unpaired) electrons. The average molecular weight is 562 g/mol. The van der Waals surface area contributed by atoms with Crippen LogP contribution in [0.5, 0.6) is 0 Å². The van der Waals surface area contributed by atoms with Gasteiger partial charge < -0.3 is 24.8 Å². The fourth-order valence-electron chi connectivity index (χ4n) is 6.18. The van der Waals surface area contributed by atoms with Gasteiger partial charge in [-0.1, -0.05) is 19.9 Å². The molecule has 10 heteroatoms. The van der Waals surface area contributed by atoms with Gasteiger partial charge in [-0.3, -0.25) is 14.3 Å². The van der Waals surface area contributed by atoms with E-state index in [-0.39, 0.29) is 30.6 Å². The second-order valence-corrected chi connectivity index (χ2v) is 11.4. The van der Waals surface area contributed by atoms with Crippen LogP contribution in [0.4, 0.5) is 11.5 Å². The molecule has 2 aromatic heterocycles. The first-order valence-electron chi connectivity index (χ1n) is 14.9. The number of aromatic nitrogens is 3. The van der Waals surface area contributed by atoms with Crippen molar-refractivity contribution in [2.24, 2.45) is 0 Å². The van der Waals surface area contributed by atoms with Crippen LogP contribution in [0.15, 0.2) is 36.5 Å². The van der Waals surface area contributed by atoms with Gasteiger partial charge in [0.05, 0.1) is 17.7 Å². The number of benzene rings is 1. The van der Waals surface area contributed by atoms with Crippen LogP contribution >= 0.6 is 0 Å². The number of rotatable bonds is 8. The average Bonchev–Trinajstić information content (AvgIpc) is 3.34. The Hall–Kier alpha value is -3.50. The minimum atomic E-state index is -0.264. The van der Waals surface area contributed by atoms with Crippen LogP contribution in [0.25, 0.3) is 10.9 Å². The second-order valence-electron chi connectivity index (χ2n) is 11.4. The first-order valence-corrected chi connectivity index (χ1v) is 14.9. The molecule has 2 aliphatic rings. The number of hydrogen-bond donors (Lipinski definition) is 1. The molecular formula is C31H43N7O3. The van der Waals surface area contributed by atoms with Crippen molar-refractivity contribution in [3.05, 3.63) is 47.8 Å². The van der Waals surface area contributed by atoms with Gasteiger partial charge in [0.2, 0.25) is 5.91 Å². The number of amides is 2. The highest BCUT2D eigenvalue weighted by Gasteiger charge is 2.26. The van der Waals surface area contributed by atoms with Crippen LogP contribution in [0.2, 0.25) is 0 Å². The number of carbonyl (C=O) groups excluding carboxylic acids is 2. The summed E-state index contributed by atoms with van der Waals surface area (Å²) in [5.74, 6) is 0.602. The molecule has 0 bridgehead atoms. The predicted octanol–water partition coefficient (Wildman–Crippen LogP) is 3.94. The maximum atomic E-state index is 13.2. The molecule has 2 atom stereocenters. The third-order valence-electron chi connectivity index (χ3n) is 8.30. The Morgan fingerprint density at radius 3 is 2.46 bits per heavy atom. The molecule has 1 N–H and O–H groups in total. The molecule has 3 aromatic rings. The molecule has 220 valence electrons. The number of aryl methyl sites for hydroxylation is 1. The van der Waals surface area contributed by atoms with Crippen LogP contribution in [0.3, 0.4) is 0 Å². The van der Waals surface area contributed by atoms with E-state index in [1.165, 1.54) is 0 Å². The molecule has 2 saturated heterocycles. The van der Waals surface area contributed by atoms with Gasteiger partial charge in [0.25, 0.3) is 5.91 Å². The second kappa shape index (κ2) is 12.6. The van der Waals surface area contributed by atoms with E-state index in [0.29, 0.717) is 17.4 Å². The number of pyridine rings is 1. The molecule has 2 aliphatic heterocycles. The van der Waals surface area contributed by atoms with Gasteiger partial charge in [0, 0.05) is 49.5 Å². The Morgan fingerprint density at radius 2 is 1.78 bits per heavy atom. The van der Waals surface area contributed by atoms with Crippen LogP contribution in [-0.2, 0) is 16.1 Å². The van der Waals surface area contributed by atoms with Gasteiger partial charge in [-0.25, -0.2) is 4.98 Å². The number of nitrogens with one attached hydrogen (secondary N) is 1. The lowest BCUT2D eigenvalue weighted by Crippen LogP contribution is -2.47. The maximum absolute atomic E-state index is 13.2. The highest BCUT2D eigenvalue weighted by Crippen LogP contribution is 2.25. The Labute approximate surface area is 242 Å². The monoisotopic (exact) mass is 561 g/mol. The summed E-state index contributed by atoms with van der Waals surface area (Å²) < 4.78 is 7.55. The molecular weight excluding hydrogens is 518 g/mol. The van der Waals surface area contributed by atoms with Crippen molar-refractivity contribution in [3.63, 3.8) is 0 Å². The van der Waals surface area contributed by atoms with Crippen LogP contribution in [0.1, 0.15) is 56.6 Å². The fourth-order valence-corrected chi connectivity index (χ4v) is 6.18. The molecule has 1 aromatic carbocycles. The Morgan fingerprint density at radius 1 is 1.07 bits per heavy atom. The number of carbonyl (C=O) groups is 2. The summed E-state index contributed by atoms with van der Waals surface area (Å²) in [6.07, 6.45) is 4.12. The standard InChI is InChI=1S/C31H43N7O3/c1-6-35(7-2)25-11-13-36(14-12-25)30(39)20-38-19-24-16-27(21(3)15-28(24)34-38)33-31(40)26-9-8-10-29(32-26)37-17-22(4)41-23(5)18-37/h8-10,15-16,19,22-23,25H,6-7,11-14,17-18,20H2,1-5H3,(H,33,40)/t22-,23+. The molecule has 5 rings (SSSR count). The number of fused-ring (bicyclic) bond motifs is 1. The van der Waals surface area contributed by atoms with Crippen molar-refractivity contribution in [3.8, 4) is 0 Å². The van der Waals surface area contributed by atoms with Gasteiger partial charge in [-0.2, -0.15) is 5.10 Å². The molecule has 0 unspecified atom stereocenters. The molecule has 0 saturated carbocycles. The number of ether oxygens (including phenoxy) is 1. The van der Waals surface area contributed by atoms with Crippen molar-refractivity contribution in [1.29, 1.82) is 0 Å². The molecule has 0 aliphatic carbocycles. The lowest BCUT2D eigenvalue weighted by molar-refractivity contribution is -0.133. The maximum Gasteiger partial charge on any atom is 0.274 e. The molecule has 2 fully saturated rings. The van der Waals surface area contributed by atoms with Crippen molar-refractivity contribution in [2.75, 3.05) is 49.5 Å². The molecule has 10 nitrogen and oxygen atoms in total. The van der Waals surface area contributed by atoms with Gasteiger partial charge in [0.1, 0.15) is 18.1 Å². The first kappa shape index (κ1) is 29.0. The van der Waals surface area contributed by atoms with E-state index < -0.39 is 0 Å². The van der Waals surface area contributed by atoms with E-state index in [9.17, 15) is 9.59 Å². The summed E-state index contributed by atoms with van der Waals surface area (Å²) in [7, 11) is 0. The summed E-state index contributed by atoms with van der Waals surface area (Å²) >= 11 is 0. The summed E-state index contributed by atoms with van der Waals surface area (Å²) in [5.41, 5.74) is 2.75. The zero-order valence-electron chi connectivity index (χ0n) is 25.0. The van der Waals surface area contributed by atoms with Crippen LogP contribution < -0.4 is 10.2 Å². The number of anilines is 2. The van der Waals surface area contributed by atoms with Crippen LogP contribution in [-0.4, -0.2) is 93.9 Å². The molecule has 41 heavy (non-hydrogen) atoms. The fraction of sp³-hybridized carbons (Fsp3) is 0.548. The summed E-state index contributed by atoms with van der Waals surface area (Å²) in [6, 6.07) is 9.95. The van der Waals surface area contributed by atoms with Gasteiger partial charge in [-0.15, -0.1) is 0 Å². The number of nitrogens with zero attached hydrogens (tertiary/aromatic N) is 6. The third-order valence-corrected chi connectivity index (χ3v) is 8.30. The highest BCUT2D eigenvalue weighted by molar-refractivity contribution is 6.04. The SMILES string of the molecule is CCN(CC)C1CCN(C(=O)Cn2cc3cc(NC(=O)c4cccc(N5C[C@@H](C)O[C@@H](C)C5)n4)c(C)cc3n2)CC1. The largest absolute Gasteiger partial charge is 0.372 e. The molecule has 2 amide bonds. The van der Waals surface area contributed by atoms with Crippen molar-refractivity contribution < 1.29 is 14.3 Å². The van der Waals surface area contributed by atoms with Crippen molar-refractivity contribution in [2.45, 2.75) is 72.3 Å². The predicted molar refractivity (Wildman–Crippen MR) is 161 cm³/mol. The quantitative estimate of drug-likeness (QED) is 0.445. The minimum absolute atomic E-state index is 0.0936. The highest BCUT2D eigenvalue weighted by atomic mass is 16.5. The molecule has 0 spiro atoms. The summed E-state index contributed by atoms with van der Waals surface area (Å²) in [5, 5.41) is 8.55. The zero-order valence-corrected chi connectivity index (χ0v) is 25.0. The Balaban J connectivity index is 1.23. The van der Waals surface area contributed by atoms with Crippen molar-refractivity contribution >= 4 is 34.2 Å². The Kier molecular flexibility index (Phi) is 8.89.